The van der Waals surface area contributed by atoms with E-state index in [2.05, 4.69) is 0 Å². The van der Waals surface area contributed by atoms with Gasteiger partial charge in [-0.3, -0.25) is 10.1 Å². The molecule has 0 heterocycles. The zero-order valence-electron chi connectivity index (χ0n) is 12.1. The minimum Gasteiger partial charge on any atom is -0.623 e. The number of carbonyl (C=O) groups excluding carboxylic acids is 1. The molecule has 0 fully saturated rings. The number of hydrogen-bond donors (Lipinski definition) is 0. The van der Waals surface area contributed by atoms with Gasteiger partial charge < -0.3 is 9.94 Å². The summed E-state index contributed by atoms with van der Waals surface area (Å²) in [6.07, 6.45) is 0.832. The molecule has 0 radical (unpaired) electrons. The lowest BCUT2D eigenvalue weighted by molar-refractivity contribution is -0.469. The van der Waals surface area contributed by atoms with E-state index in [1.807, 2.05) is 6.07 Å². The molecular formula is C16H14N2O5. The van der Waals surface area contributed by atoms with Crippen molar-refractivity contribution in [3.63, 3.8) is 0 Å². The molecule has 0 N–H and O–H groups in total. The summed E-state index contributed by atoms with van der Waals surface area (Å²) in [5.74, 6) is -0.769. The lowest BCUT2D eigenvalue weighted by Gasteiger charge is -2.05. The molecule has 0 aliphatic heterocycles. The van der Waals surface area contributed by atoms with Crippen molar-refractivity contribution in [2.45, 2.75) is 13.2 Å². The SMILES string of the molecule is O=C(/C=[N+](\[O-])Cc1ccccc1)OCc1ccc([N+](=O)[O-])cc1. The van der Waals surface area contributed by atoms with Gasteiger partial charge in [0.25, 0.3) is 11.9 Å². The van der Waals surface area contributed by atoms with Crippen LogP contribution in [0.4, 0.5) is 5.69 Å². The number of ether oxygens (including phenoxy) is 1. The zero-order chi connectivity index (χ0) is 16.7. The van der Waals surface area contributed by atoms with E-state index in [9.17, 15) is 20.1 Å². The molecule has 0 aliphatic rings. The summed E-state index contributed by atoms with van der Waals surface area (Å²) in [4.78, 5) is 21.6. The minimum absolute atomic E-state index is 0.0415. The third-order valence-electron chi connectivity index (χ3n) is 2.96. The van der Waals surface area contributed by atoms with E-state index in [1.54, 1.807) is 24.3 Å². The fourth-order valence-corrected chi connectivity index (χ4v) is 1.83. The molecule has 2 aromatic rings. The van der Waals surface area contributed by atoms with Crippen LogP contribution < -0.4 is 0 Å². The summed E-state index contributed by atoms with van der Waals surface area (Å²) in [6.45, 7) is -0.0139. The van der Waals surface area contributed by atoms with E-state index in [4.69, 9.17) is 4.74 Å². The summed E-state index contributed by atoms with van der Waals surface area (Å²) in [7, 11) is 0. The number of non-ortho nitro benzene ring substituents is 1. The maximum Gasteiger partial charge on any atom is 0.396 e. The van der Waals surface area contributed by atoms with Crippen molar-refractivity contribution in [1.29, 1.82) is 0 Å². The summed E-state index contributed by atoms with van der Waals surface area (Å²) >= 11 is 0. The van der Waals surface area contributed by atoms with Crippen LogP contribution in [-0.2, 0) is 22.7 Å². The molecule has 2 aromatic carbocycles. The highest BCUT2D eigenvalue weighted by Gasteiger charge is 2.08. The quantitative estimate of drug-likeness (QED) is 0.204. The van der Waals surface area contributed by atoms with Gasteiger partial charge in [0, 0.05) is 17.7 Å². The van der Waals surface area contributed by atoms with E-state index < -0.39 is 10.9 Å². The maximum atomic E-state index is 11.6. The highest BCUT2D eigenvalue weighted by molar-refractivity contribution is 6.20. The molecule has 7 nitrogen and oxygen atoms in total. The van der Waals surface area contributed by atoms with Gasteiger partial charge in [-0.15, -0.1) is 0 Å². The topological polar surface area (TPSA) is 95.5 Å². The Balaban J connectivity index is 1.86. The summed E-state index contributed by atoms with van der Waals surface area (Å²) < 4.78 is 5.42. The first kappa shape index (κ1) is 16.2. The molecule has 0 bridgehead atoms. The number of hydroxylamine groups is 1. The van der Waals surface area contributed by atoms with Crippen molar-refractivity contribution in [3.05, 3.63) is 81.0 Å². The third kappa shape index (κ3) is 5.24. The van der Waals surface area contributed by atoms with Crippen molar-refractivity contribution in [2.24, 2.45) is 0 Å². The number of hydrogen-bond acceptors (Lipinski definition) is 5. The second-order valence-corrected chi connectivity index (χ2v) is 4.72. The van der Waals surface area contributed by atoms with Crippen molar-refractivity contribution in [1.82, 2.24) is 0 Å². The van der Waals surface area contributed by atoms with Gasteiger partial charge in [0.2, 0.25) is 0 Å². The molecule has 0 unspecified atom stereocenters. The van der Waals surface area contributed by atoms with E-state index in [1.165, 1.54) is 24.3 Å². The molecule has 7 heteroatoms. The number of rotatable bonds is 6. The van der Waals surface area contributed by atoms with Crippen molar-refractivity contribution in [2.75, 3.05) is 0 Å². The molecular weight excluding hydrogens is 300 g/mol. The molecule has 23 heavy (non-hydrogen) atoms. The fraction of sp³-hybridized carbons (Fsp3) is 0.125. The van der Waals surface area contributed by atoms with Crippen molar-refractivity contribution >= 4 is 17.9 Å². The molecule has 0 amide bonds. The van der Waals surface area contributed by atoms with Crippen LogP contribution in [0.25, 0.3) is 0 Å². The molecule has 0 aromatic heterocycles. The van der Waals surface area contributed by atoms with Gasteiger partial charge in [0.15, 0.2) is 6.54 Å². The Morgan fingerprint density at radius 3 is 2.26 bits per heavy atom. The van der Waals surface area contributed by atoms with E-state index in [-0.39, 0.29) is 18.8 Å². The molecule has 0 aliphatic carbocycles. The first-order valence-corrected chi connectivity index (χ1v) is 6.77. The van der Waals surface area contributed by atoms with Gasteiger partial charge in [-0.1, -0.05) is 30.3 Å². The highest BCUT2D eigenvalue weighted by atomic mass is 16.6. The second kappa shape index (κ2) is 7.69. The van der Waals surface area contributed by atoms with Crippen molar-refractivity contribution < 1.29 is 19.2 Å². The Labute approximate surface area is 132 Å². The molecule has 0 atom stereocenters. The minimum atomic E-state index is -0.769. The monoisotopic (exact) mass is 314 g/mol. The van der Waals surface area contributed by atoms with Crippen LogP contribution >= 0.6 is 0 Å². The number of nitro groups is 1. The molecule has 2 rings (SSSR count). The maximum absolute atomic E-state index is 11.6. The summed E-state index contributed by atoms with van der Waals surface area (Å²) in [6, 6.07) is 14.6. The predicted octanol–water partition coefficient (Wildman–Crippen LogP) is 2.42. The zero-order valence-corrected chi connectivity index (χ0v) is 12.1. The van der Waals surface area contributed by atoms with Crippen LogP contribution in [0.5, 0.6) is 0 Å². The van der Waals surface area contributed by atoms with Gasteiger partial charge in [-0.25, -0.2) is 9.53 Å². The first-order chi connectivity index (χ1) is 11.0. The largest absolute Gasteiger partial charge is 0.623 e. The molecule has 0 saturated carbocycles. The smallest absolute Gasteiger partial charge is 0.396 e. The van der Waals surface area contributed by atoms with E-state index in [0.29, 0.717) is 10.3 Å². The Bertz CT molecular complexity index is 711. The van der Waals surface area contributed by atoms with Gasteiger partial charge in [0.1, 0.15) is 6.61 Å². The third-order valence-corrected chi connectivity index (χ3v) is 2.96. The van der Waals surface area contributed by atoms with Gasteiger partial charge in [-0.2, -0.15) is 0 Å². The molecule has 0 saturated heterocycles. The summed E-state index contributed by atoms with van der Waals surface area (Å²) in [5.41, 5.74) is 1.33. The predicted molar refractivity (Wildman–Crippen MR) is 82.7 cm³/mol. The normalized spacial score (nSPS) is 11.0. The Morgan fingerprint density at radius 1 is 1.00 bits per heavy atom. The average molecular weight is 314 g/mol. The first-order valence-electron chi connectivity index (χ1n) is 6.77. The lowest BCUT2D eigenvalue weighted by atomic mass is 10.2. The standard InChI is InChI=1S/C16H14N2O5/c19-16(11-17(20)10-13-4-2-1-3-5-13)23-12-14-6-8-15(9-7-14)18(21)22/h1-9,11H,10,12H2/b17-11-. The van der Waals surface area contributed by atoms with Crippen LogP contribution in [0.3, 0.4) is 0 Å². The van der Waals surface area contributed by atoms with Crippen LogP contribution in [0.1, 0.15) is 11.1 Å². The average Bonchev–Trinajstić information content (AvgIpc) is 2.54. The summed E-state index contributed by atoms with van der Waals surface area (Å²) in [5, 5.41) is 22.2. The Hall–Kier alpha value is -3.22. The van der Waals surface area contributed by atoms with Gasteiger partial charge in [-0.05, 0) is 17.7 Å². The fourth-order valence-electron chi connectivity index (χ4n) is 1.83. The molecule has 118 valence electrons. The second-order valence-electron chi connectivity index (χ2n) is 4.72. The number of benzene rings is 2. The van der Waals surface area contributed by atoms with Crippen LogP contribution in [-0.4, -0.2) is 21.8 Å². The lowest BCUT2D eigenvalue weighted by Crippen LogP contribution is -2.14. The van der Waals surface area contributed by atoms with Crippen LogP contribution in [0.15, 0.2) is 54.6 Å². The molecule has 0 spiro atoms. The Morgan fingerprint density at radius 2 is 1.65 bits per heavy atom. The van der Waals surface area contributed by atoms with Gasteiger partial charge >= 0.3 is 5.97 Å². The van der Waals surface area contributed by atoms with E-state index in [0.717, 1.165) is 11.8 Å². The van der Waals surface area contributed by atoms with Crippen LogP contribution in [0, 0.1) is 15.3 Å². The number of carbonyl (C=O) groups is 1. The highest BCUT2D eigenvalue weighted by Crippen LogP contribution is 2.12. The number of nitrogens with zero attached hydrogens (tertiary/aromatic N) is 2. The number of esters is 1. The van der Waals surface area contributed by atoms with Gasteiger partial charge in [0.05, 0.1) is 4.92 Å². The van der Waals surface area contributed by atoms with Crippen LogP contribution in [0.2, 0.25) is 0 Å². The Kier molecular flexibility index (Phi) is 5.40. The van der Waals surface area contributed by atoms with E-state index >= 15 is 0 Å². The van der Waals surface area contributed by atoms with Crippen molar-refractivity contribution in [3.8, 4) is 0 Å². The number of nitro benzene ring substituents is 1.